The van der Waals surface area contributed by atoms with Crippen LogP contribution in [0.15, 0.2) is 42.6 Å². The molecule has 152 valence electrons. The number of hydrogen-bond acceptors (Lipinski definition) is 5. The molecule has 29 heavy (non-hydrogen) atoms. The van der Waals surface area contributed by atoms with Gasteiger partial charge in [0, 0.05) is 19.2 Å². The Balaban J connectivity index is 1.36. The molecule has 1 saturated carbocycles. The molecule has 8 heteroatoms. The van der Waals surface area contributed by atoms with Crippen LogP contribution in [-0.2, 0) is 4.79 Å². The number of carboxylic acid groups (broad SMARTS) is 1. The van der Waals surface area contributed by atoms with E-state index >= 15 is 0 Å². The number of fused-ring (bicyclic) bond motifs is 1. The third-order valence-electron chi connectivity index (χ3n) is 5.85. The fourth-order valence-electron chi connectivity index (χ4n) is 4.28. The smallest absolute Gasteiger partial charge is 0.321 e. The molecule has 8 nitrogen and oxygen atoms in total. The molecule has 2 N–H and O–H groups in total. The lowest BCUT2D eigenvalue weighted by Crippen LogP contribution is -2.38. The Bertz CT molecular complexity index is 900. The summed E-state index contributed by atoms with van der Waals surface area (Å²) in [5.74, 6) is 0.992. The number of pyridine rings is 1. The summed E-state index contributed by atoms with van der Waals surface area (Å²) < 4.78 is 10.8. The normalized spacial score (nSPS) is 22.8. The summed E-state index contributed by atoms with van der Waals surface area (Å²) in [4.78, 5) is 30.2. The van der Waals surface area contributed by atoms with Gasteiger partial charge in [0.25, 0.3) is 0 Å². The molecule has 1 aliphatic heterocycles. The summed E-state index contributed by atoms with van der Waals surface area (Å²) in [5, 5.41) is 12.5. The van der Waals surface area contributed by atoms with E-state index in [0.717, 1.165) is 18.6 Å². The third-order valence-corrected chi connectivity index (χ3v) is 5.85. The van der Waals surface area contributed by atoms with E-state index in [0.29, 0.717) is 30.3 Å². The number of amides is 2. The first-order valence-corrected chi connectivity index (χ1v) is 9.57. The number of anilines is 1. The highest BCUT2D eigenvalue weighted by molar-refractivity contribution is 5.90. The van der Waals surface area contributed by atoms with Crippen LogP contribution in [0.1, 0.15) is 19.3 Å². The number of nitrogens with one attached hydrogen (secondary N) is 1. The lowest BCUT2D eigenvalue weighted by molar-refractivity contribution is -0.149. The Morgan fingerprint density at radius 3 is 2.59 bits per heavy atom. The summed E-state index contributed by atoms with van der Waals surface area (Å²) >= 11 is 0. The first-order valence-electron chi connectivity index (χ1n) is 9.57. The lowest BCUT2D eigenvalue weighted by atomic mass is 9.81. The van der Waals surface area contributed by atoms with E-state index in [4.69, 9.17) is 9.47 Å². The number of rotatable bonds is 5. The Hall–Kier alpha value is -3.29. The van der Waals surface area contributed by atoms with Gasteiger partial charge in [-0.2, -0.15) is 0 Å². The Kier molecular flexibility index (Phi) is 5.00. The number of aromatic nitrogens is 1. The minimum Gasteiger partial charge on any atom is -0.497 e. The van der Waals surface area contributed by atoms with Gasteiger partial charge in [-0.05, 0) is 49.1 Å². The molecule has 2 amide bonds. The maximum Gasteiger partial charge on any atom is 0.321 e. The van der Waals surface area contributed by atoms with Crippen molar-refractivity contribution in [2.75, 3.05) is 25.5 Å². The minimum absolute atomic E-state index is 0.0316. The van der Waals surface area contributed by atoms with Crippen LogP contribution in [0.3, 0.4) is 0 Å². The summed E-state index contributed by atoms with van der Waals surface area (Å²) in [6, 6.07) is 10.2. The molecule has 0 bridgehead atoms. The highest BCUT2D eigenvalue weighted by Gasteiger charge is 2.55. The molecule has 2 aromatic rings. The Morgan fingerprint density at radius 2 is 1.97 bits per heavy atom. The number of nitrogens with zero attached hydrogens (tertiary/aromatic N) is 2. The van der Waals surface area contributed by atoms with Gasteiger partial charge in [0.15, 0.2) is 0 Å². The Morgan fingerprint density at radius 1 is 1.21 bits per heavy atom. The van der Waals surface area contributed by atoms with Crippen LogP contribution in [0.2, 0.25) is 0 Å². The van der Waals surface area contributed by atoms with Gasteiger partial charge in [0.1, 0.15) is 11.5 Å². The van der Waals surface area contributed by atoms with Crippen molar-refractivity contribution in [1.82, 2.24) is 9.88 Å². The molecule has 0 radical (unpaired) electrons. The summed E-state index contributed by atoms with van der Waals surface area (Å²) in [7, 11) is 1.60. The van der Waals surface area contributed by atoms with Gasteiger partial charge in [-0.25, -0.2) is 9.78 Å². The number of methoxy groups -OCH3 is 1. The molecule has 1 aliphatic carbocycles. The van der Waals surface area contributed by atoms with Crippen LogP contribution in [0.5, 0.6) is 17.4 Å². The SMILES string of the molecule is COc1ccc(Oc2ccc(NC(=O)N3C[C@@H]4CCC[C@@]4(C(=O)O)C3)cn2)cc1. The molecule has 0 unspecified atom stereocenters. The zero-order valence-electron chi connectivity index (χ0n) is 16.1. The molecule has 2 fully saturated rings. The van der Waals surface area contributed by atoms with Gasteiger partial charge in [-0.1, -0.05) is 6.42 Å². The second-order valence-electron chi connectivity index (χ2n) is 7.52. The first kappa shape index (κ1) is 19.0. The van der Waals surface area contributed by atoms with Crippen molar-refractivity contribution in [2.45, 2.75) is 19.3 Å². The second kappa shape index (κ2) is 7.62. The molecular weight excluding hydrogens is 374 g/mol. The van der Waals surface area contributed by atoms with Crippen LogP contribution in [0, 0.1) is 11.3 Å². The van der Waals surface area contributed by atoms with E-state index in [9.17, 15) is 14.7 Å². The van der Waals surface area contributed by atoms with Crippen LogP contribution in [0.25, 0.3) is 0 Å². The Labute approximate surface area is 168 Å². The summed E-state index contributed by atoms with van der Waals surface area (Å²) in [6.07, 6.45) is 3.91. The second-order valence-corrected chi connectivity index (χ2v) is 7.52. The number of hydrogen-bond donors (Lipinski definition) is 2. The molecule has 2 aliphatic rings. The van der Waals surface area contributed by atoms with Gasteiger partial charge in [-0.3, -0.25) is 4.79 Å². The molecule has 2 atom stereocenters. The maximum atomic E-state index is 12.6. The minimum atomic E-state index is -0.794. The van der Waals surface area contributed by atoms with Crippen molar-refractivity contribution < 1.29 is 24.2 Å². The summed E-state index contributed by atoms with van der Waals surface area (Å²) in [6.45, 7) is 0.731. The largest absolute Gasteiger partial charge is 0.497 e. The zero-order valence-corrected chi connectivity index (χ0v) is 16.1. The van der Waals surface area contributed by atoms with Crippen molar-refractivity contribution in [1.29, 1.82) is 0 Å². The van der Waals surface area contributed by atoms with Gasteiger partial charge in [0.05, 0.1) is 24.4 Å². The predicted octanol–water partition coefficient (Wildman–Crippen LogP) is 3.60. The third kappa shape index (κ3) is 3.70. The van der Waals surface area contributed by atoms with Crippen molar-refractivity contribution in [3.63, 3.8) is 0 Å². The van der Waals surface area contributed by atoms with Gasteiger partial charge < -0.3 is 24.8 Å². The zero-order chi connectivity index (χ0) is 20.4. The van der Waals surface area contributed by atoms with E-state index in [1.54, 1.807) is 48.4 Å². The molecular formula is C21H23N3O5. The van der Waals surface area contributed by atoms with Crippen molar-refractivity contribution in [3.8, 4) is 17.4 Å². The monoisotopic (exact) mass is 397 g/mol. The highest BCUT2D eigenvalue weighted by atomic mass is 16.5. The number of carbonyl (C=O) groups is 2. The molecule has 1 saturated heterocycles. The average Bonchev–Trinajstić information content (AvgIpc) is 3.29. The van der Waals surface area contributed by atoms with E-state index < -0.39 is 11.4 Å². The fourth-order valence-corrected chi connectivity index (χ4v) is 4.28. The van der Waals surface area contributed by atoms with E-state index in [2.05, 4.69) is 10.3 Å². The average molecular weight is 397 g/mol. The number of urea groups is 1. The number of likely N-dealkylation sites (tertiary alicyclic amines) is 1. The molecule has 1 aromatic carbocycles. The highest BCUT2D eigenvalue weighted by Crippen LogP contribution is 2.48. The topological polar surface area (TPSA) is 101 Å². The standard InChI is InChI=1S/C21H23N3O5/c1-28-16-5-7-17(8-6-16)29-18-9-4-15(11-22-18)23-20(27)24-12-14-3-2-10-21(14,13-24)19(25)26/h4-9,11,14H,2-3,10,12-13H2,1H3,(H,23,27)(H,25,26)/t14-,21+/m0/s1. The van der Waals surface area contributed by atoms with Crippen LogP contribution in [0.4, 0.5) is 10.5 Å². The molecule has 2 heterocycles. The lowest BCUT2D eigenvalue weighted by Gasteiger charge is -2.23. The molecule has 0 spiro atoms. The number of ether oxygens (including phenoxy) is 2. The van der Waals surface area contributed by atoms with Gasteiger partial charge in [0.2, 0.25) is 5.88 Å². The van der Waals surface area contributed by atoms with E-state index in [-0.39, 0.29) is 18.5 Å². The van der Waals surface area contributed by atoms with Gasteiger partial charge in [-0.15, -0.1) is 0 Å². The summed E-state index contributed by atoms with van der Waals surface area (Å²) in [5.41, 5.74) is -0.260. The number of aliphatic carboxylic acids is 1. The van der Waals surface area contributed by atoms with Crippen LogP contribution >= 0.6 is 0 Å². The van der Waals surface area contributed by atoms with E-state index in [1.807, 2.05) is 0 Å². The van der Waals surface area contributed by atoms with Crippen molar-refractivity contribution in [3.05, 3.63) is 42.6 Å². The van der Waals surface area contributed by atoms with E-state index in [1.165, 1.54) is 6.20 Å². The number of carbonyl (C=O) groups excluding carboxylic acids is 1. The van der Waals surface area contributed by atoms with Crippen molar-refractivity contribution in [2.24, 2.45) is 11.3 Å². The fraction of sp³-hybridized carbons (Fsp3) is 0.381. The van der Waals surface area contributed by atoms with Crippen LogP contribution < -0.4 is 14.8 Å². The van der Waals surface area contributed by atoms with Crippen molar-refractivity contribution >= 4 is 17.7 Å². The predicted molar refractivity (Wildman–Crippen MR) is 105 cm³/mol. The molecule has 4 rings (SSSR count). The first-order chi connectivity index (χ1) is 14.0. The van der Waals surface area contributed by atoms with Gasteiger partial charge >= 0.3 is 12.0 Å². The number of carboxylic acids is 1. The van der Waals surface area contributed by atoms with Crippen LogP contribution in [-0.4, -0.2) is 47.2 Å². The quantitative estimate of drug-likeness (QED) is 0.799. The number of benzene rings is 1. The molecule has 1 aromatic heterocycles. The maximum absolute atomic E-state index is 12.6.